The fraction of sp³-hybridized carbons (Fsp3) is 0.471. The molecule has 0 fully saturated rings. The molecule has 0 aliphatic heterocycles. The summed E-state index contributed by atoms with van der Waals surface area (Å²) < 4.78 is 10.2. The number of hydrogen-bond acceptors (Lipinski definition) is 5. The number of hydrogen-bond donors (Lipinski definition) is 1. The van der Waals surface area contributed by atoms with Crippen molar-refractivity contribution in [1.29, 1.82) is 0 Å². The number of alkyl carbamates (subject to hydrolysis) is 1. The lowest BCUT2D eigenvalue weighted by molar-refractivity contribution is -0.146. The molecule has 0 heterocycles. The molecule has 1 atom stereocenters. The average Bonchev–Trinajstić information content (AvgIpc) is 2.50. The SMILES string of the molecule is CC(C)(C)OC(=O)N[C@@H](CC(=O)OCc1ccccc1)C(=O)CBr. The number of nitrogens with one attached hydrogen (secondary N) is 1. The molecule has 0 saturated carbocycles. The van der Waals surface area contributed by atoms with Gasteiger partial charge in [0.25, 0.3) is 0 Å². The normalized spacial score (nSPS) is 12.2. The van der Waals surface area contributed by atoms with Crippen LogP contribution in [0, 0.1) is 0 Å². The molecule has 0 saturated heterocycles. The van der Waals surface area contributed by atoms with Gasteiger partial charge in [-0.3, -0.25) is 9.59 Å². The van der Waals surface area contributed by atoms with Crippen molar-refractivity contribution in [2.24, 2.45) is 0 Å². The minimum Gasteiger partial charge on any atom is -0.461 e. The predicted octanol–water partition coefficient (Wildman–Crippen LogP) is 2.98. The molecule has 0 spiro atoms. The second-order valence-corrected chi connectivity index (χ2v) is 6.71. The number of carbonyl (C=O) groups excluding carboxylic acids is 3. The summed E-state index contributed by atoms with van der Waals surface area (Å²) in [6.07, 6.45) is -1.01. The molecule has 6 nitrogen and oxygen atoms in total. The van der Waals surface area contributed by atoms with Crippen molar-refractivity contribution in [2.75, 3.05) is 5.33 Å². The summed E-state index contributed by atoms with van der Waals surface area (Å²) in [5, 5.41) is 2.43. The Morgan fingerprint density at radius 1 is 1.17 bits per heavy atom. The van der Waals surface area contributed by atoms with Gasteiger partial charge >= 0.3 is 12.1 Å². The zero-order chi connectivity index (χ0) is 18.2. The zero-order valence-electron chi connectivity index (χ0n) is 14.0. The Morgan fingerprint density at radius 2 is 1.79 bits per heavy atom. The van der Waals surface area contributed by atoms with Crippen molar-refractivity contribution >= 4 is 33.8 Å². The zero-order valence-corrected chi connectivity index (χ0v) is 15.6. The van der Waals surface area contributed by atoms with Crippen LogP contribution in [0.4, 0.5) is 4.79 Å². The Balaban J connectivity index is 2.57. The van der Waals surface area contributed by atoms with E-state index in [2.05, 4.69) is 21.2 Å². The van der Waals surface area contributed by atoms with E-state index in [-0.39, 0.29) is 24.1 Å². The summed E-state index contributed by atoms with van der Waals surface area (Å²) in [5.41, 5.74) is 0.147. The number of alkyl halides is 1. The summed E-state index contributed by atoms with van der Waals surface area (Å²) in [7, 11) is 0. The first kappa shape index (κ1) is 20.2. The molecule has 1 aromatic rings. The third-order valence-corrected chi connectivity index (χ3v) is 3.38. The second-order valence-electron chi connectivity index (χ2n) is 6.15. The smallest absolute Gasteiger partial charge is 0.408 e. The highest BCUT2D eigenvalue weighted by molar-refractivity contribution is 9.09. The van der Waals surface area contributed by atoms with E-state index in [0.717, 1.165) is 5.56 Å². The molecule has 7 heteroatoms. The minimum atomic E-state index is -0.998. The van der Waals surface area contributed by atoms with Crippen LogP contribution in [0.15, 0.2) is 30.3 Å². The van der Waals surface area contributed by atoms with E-state index in [0.29, 0.717) is 0 Å². The standard InChI is InChI=1S/C17H22BrNO5/c1-17(2,3)24-16(22)19-13(14(20)10-18)9-15(21)23-11-12-7-5-4-6-8-12/h4-8,13H,9-11H2,1-3H3,(H,19,22)/t13-/m0/s1. The van der Waals surface area contributed by atoms with Gasteiger partial charge in [0.1, 0.15) is 18.2 Å². The second kappa shape index (κ2) is 9.42. The maximum atomic E-state index is 11.9. The maximum absolute atomic E-state index is 11.9. The van der Waals surface area contributed by atoms with Crippen LogP contribution in [0.5, 0.6) is 0 Å². The topological polar surface area (TPSA) is 81.7 Å². The number of benzene rings is 1. The van der Waals surface area contributed by atoms with Crippen molar-refractivity contribution in [3.05, 3.63) is 35.9 Å². The van der Waals surface area contributed by atoms with Gasteiger partial charge in [-0.05, 0) is 26.3 Å². The maximum Gasteiger partial charge on any atom is 0.408 e. The van der Waals surface area contributed by atoms with Crippen LogP contribution < -0.4 is 5.32 Å². The molecular weight excluding hydrogens is 378 g/mol. The van der Waals surface area contributed by atoms with Crippen LogP contribution in [0.1, 0.15) is 32.8 Å². The molecule has 132 valence electrons. The lowest BCUT2D eigenvalue weighted by Gasteiger charge is -2.22. The van der Waals surface area contributed by atoms with Gasteiger partial charge < -0.3 is 14.8 Å². The van der Waals surface area contributed by atoms with Gasteiger partial charge in [-0.25, -0.2) is 4.79 Å². The number of amides is 1. The van der Waals surface area contributed by atoms with Gasteiger partial charge in [0.05, 0.1) is 11.8 Å². The van der Waals surface area contributed by atoms with Crippen LogP contribution >= 0.6 is 15.9 Å². The molecule has 0 unspecified atom stereocenters. The lowest BCUT2D eigenvalue weighted by Crippen LogP contribution is -2.45. The Morgan fingerprint density at radius 3 is 2.33 bits per heavy atom. The number of carbonyl (C=O) groups is 3. The molecule has 1 amide bonds. The molecule has 0 bridgehead atoms. The Bertz CT molecular complexity index is 568. The van der Waals surface area contributed by atoms with Crippen LogP contribution in [-0.4, -0.2) is 34.8 Å². The highest BCUT2D eigenvalue weighted by Gasteiger charge is 2.26. The summed E-state index contributed by atoms with van der Waals surface area (Å²) >= 11 is 3.04. The number of ether oxygens (including phenoxy) is 2. The monoisotopic (exact) mass is 399 g/mol. The first-order chi connectivity index (χ1) is 11.2. The number of halogens is 1. The van der Waals surface area contributed by atoms with Gasteiger partial charge in [-0.1, -0.05) is 46.3 Å². The Labute approximate surface area is 150 Å². The molecule has 1 N–H and O–H groups in total. The van der Waals surface area contributed by atoms with E-state index in [1.807, 2.05) is 30.3 Å². The highest BCUT2D eigenvalue weighted by atomic mass is 79.9. The van der Waals surface area contributed by atoms with E-state index < -0.39 is 23.7 Å². The van der Waals surface area contributed by atoms with Gasteiger partial charge in [0.15, 0.2) is 5.78 Å². The van der Waals surface area contributed by atoms with Crippen molar-refractivity contribution in [2.45, 2.75) is 45.4 Å². The number of esters is 1. The lowest BCUT2D eigenvalue weighted by atomic mass is 10.1. The van der Waals surface area contributed by atoms with Crippen LogP contribution in [-0.2, 0) is 25.7 Å². The third-order valence-electron chi connectivity index (χ3n) is 2.82. The summed E-state index contributed by atoms with van der Waals surface area (Å²) in [5.74, 6) is -0.910. The van der Waals surface area contributed by atoms with Gasteiger partial charge in [0, 0.05) is 0 Å². The molecule has 0 aliphatic carbocycles. The highest BCUT2D eigenvalue weighted by Crippen LogP contribution is 2.09. The summed E-state index contributed by atoms with van der Waals surface area (Å²) in [6, 6.07) is 8.19. The Kier molecular flexibility index (Phi) is 7.91. The van der Waals surface area contributed by atoms with Crippen LogP contribution in [0.2, 0.25) is 0 Å². The van der Waals surface area contributed by atoms with E-state index in [4.69, 9.17) is 9.47 Å². The van der Waals surface area contributed by atoms with Crippen molar-refractivity contribution < 1.29 is 23.9 Å². The van der Waals surface area contributed by atoms with E-state index in [1.165, 1.54) is 0 Å². The first-order valence-corrected chi connectivity index (χ1v) is 8.61. The number of rotatable bonds is 7. The molecule has 1 aromatic carbocycles. The summed E-state index contributed by atoms with van der Waals surface area (Å²) in [6.45, 7) is 5.24. The molecule has 24 heavy (non-hydrogen) atoms. The predicted molar refractivity (Wildman–Crippen MR) is 92.8 cm³/mol. The fourth-order valence-electron chi connectivity index (χ4n) is 1.75. The third kappa shape index (κ3) is 8.10. The molecule has 0 aromatic heterocycles. The average molecular weight is 400 g/mol. The van der Waals surface area contributed by atoms with Crippen LogP contribution in [0.3, 0.4) is 0 Å². The largest absolute Gasteiger partial charge is 0.461 e. The van der Waals surface area contributed by atoms with E-state index in [9.17, 15) is 14.4 Å². The van der Waals surface area contributed by atoms with Crippen LogP contribution in [0.25, 0.3) is 0 Å². The molecule has 1 rings (SSSR count). The number of ketones is 1. The van der Waals surface area contributed by atoms with Gasteiger partial charge in [-0.2, -0.15) is 0 Å². The first-order valence-electron chi connectivity index (χ1n) is 7.49. The van der Waals surface area contributed by atoms with Crippen molar-refractivity contribution in [3.63, 3.8) is 0 Å². The van der Waals surface area contributed by atoms with E-state index in [1.54, 1.807) is 20.8 Å². The Hall–Kier alpha value is -1.89. The minimum absolute atomic E-state index is 0.0133. The number of Topliss-reactive ketones (excluding diaryl/α,β-unsaturated/α-hetero) is 1. The summed E-state index contributed by atoms with van der Waals surface area (Å²) in [4.78, 5) is 35.6. The molecular formula is C17H22BrNO5. The van der Waals surface area contributed by atoms with Gasteiger partial charge in [-0.15, -0.1) is 0 Å². The van der Waals surface area contributed by atoms with Gasteiger partial charge in [0.2, 0.25) is 0 Å². The van der Waals surface area contributed by atoms with Crippen molar-refractivity contribution in [3.8, 4) is 0 Å². The molecule has 0 aliphatic rings. The van der Waals surface area contributed by atoms with Crippen molar-refractivity contribution in [1.82, 2.24) is 5.32 Å². The fourth-order valence-corrected chi connectivity index (χ4v) is 2.14. The molecule has 0 radical (unpaired) electrons. The van der Waals surface area contributed by atoms with E-state index >= 15 is 0 Å². The quantitative estimate of drug-likeness (QED) is 0.562.